The van der Waals surface area contributed by atoms with Crippen molar-refractivity contribution in [3.63, 3.8) is 0 Å². The van der Waals surface area contributed by atoms with Crippen LogP contribution in [0.1, 0.15) is 37.3 Å². The van der Waals surface area contributed by atoms with Crippen molar-refractivity contribution < 1.29 is 13.2 Å². The van der Waals surface area contributed by atoms with Crippen LogP contribution in [-0.4, -0.2) is 50.9 Å². The molecule has 2 aromatic carbocycles. The van der Waals surface area contributed by atoms with Crippen LogP contribution in [0.2, 0.25) is 0 Å². The second-order valence-electron chi connectivity index (χ2n) is 9.04. The molecule has 1 fully saturated rings. The number of para-hydroxylation sites is 1. The summed E-state index contributed by atoms with van der Waals surface area (Å²) in [5.41, 5.74) is 3.71. The molecule has 7 heteroatoms. The standard InChI is InChI=1S/C25H33N3O3S/c1-19-10-12-23(13-11-19)32(30,31)27-15-5-8-22(18-27)25(29)26-14-6-16-28-20(2)17-21-7-3-4-9-24(21)28/h3-4,7,9-13,20,22H,5-6,8,14-18H2,1-2H3,(H,26,29)/t20-,22+/m0/s1. The van der Waals surface area contributed by atoms with Gasteiger partial charge in [0.1, 0.15) is 0 Å². The second-order valence-corrected chi connectivity index (χ2v) is 11.0. The van der Waals surface area contributed by atoms with Crippen molar-refractivity contribution in [1.29, 1.82) is 0 Å². The number of fused-ring (bicyclic) bond motifs is 1. The van der Waals surface area contributed by atoms with Crippen LogP contribution < -0.4 is 10.2 Å². The molecule has 32 heavy (non-hydrogen) atoms. The van der Waals surface area contributed by atoms with Crippen LogP contribution in [0.4, 0.5) is 5.69 Å². The topological polar surface area (TPSA) is 69.7 Å². The molecular weight excluding hydrogens is 422 g/mol. The van der Waals surface area contributed by atoms with Gasteiger partial charge in [-0.25, -0.2) is 8.42 Å². The molecule has 172 valence electrons. The summed E-state index contributed by atoms with van der Waals surface area (Å²) in [4.78, 5) is 15.5. The van der Waals surface area contributed by atoms with Gasteiger partial charge in [0.05, 0.1) is 10.8 Å². The molecule has 2 aliphatic rings. The Balaban J connectivity index is 1.28. The highest BCUT2D eigenvalue weighted by Crippen LogP contribution is 2.31. The molecule has 0 aliphatic carbocycles. The van der Waals surface area contributed by atoms with Crippen molar-refractivity contribution in [3.8, 4) is 0 Å². The minimum atomic E-state index is -3.57. The zero-order valence-electron chi connectivity index (χ0n) is 19.0. The van der Waals surface area contributed by atoms with Gasteiger partial charge >= 0.3 is 0 Å². The number of hydrogen-bond acceptors (Lipinski definition) is 4. The van der Waals surface area contributed by atoms with E-state index in [0.29, 0.717) is 30.4 Å². The summed E-state index contributed by atoms with van der Waals surface area (Å²) < 4.78 is 27.5. The highest BCUT2D eigenvalue weighted by atomic mass is 32.2. The monoisotopic (exact) mass is 455 g/mol. The predicted octanol–water partition coefficient (Wildman–Crippen LogP) is 3.35. The lowest BCUT2D eigenvalue weighted by Crippen LogP contribution is -2.45. The fourth-order valence-electron chi connectivity index (χ4n) is 4.81. The molecule has 4 rings (SSSR count). The number of rotatable bonds is 7. The number of sulfonamides is 1. The Morgan fingerprint density at radius 2 is 1.88 bits per heavy atom. The summed E-state index contributed by atoms with van der Waals surface area (Å²) in [5, 5.41) is 3.05. The van der Waals surface area contributed by atoms with E-state index in [1.165, 1.54) is 15.6 Å². The summed E-state index contributed by atoms with van der Waals surface area (Å²) in [6.07, 6.45) is 3.35. The quantitative estimate of drug-likeness (QED) is 0.650. The van der Waals surface area contributed by atoms with Crippen molar-refractivity contribution >= 4 is 21.6 Å². The van der Waals surface area contributed by atoms with Gasteiger partial charge in [0.15, 0.2) is 0 Å². The third kappa shape index (κ3) is 4.84. The molecule has 1 N–H and O–H groups in total. The normalized spacial score (nSPS) is 21.4. The summed E-state index contributed by atoms with van der Waals surface area (Å²) in [5.74, 6) is -0.334. The molecule has 0 unspecified atom stereocenters. The maximum atomic E-state index is 13.0. The highest BCUT2D eigenvalue weighted by molar-refractivity contribution is 7.89. The minimum Gasteiger partial charge on any atom is -0.368 e. The van der Waals surface area contributed by atoms with Crippen LogP contribution in [0.15, 0.2) is 53.4 Å². The van der Waals surface area contributed by atoms with Crippen LogP contribution >= 0.6 is 0 Å². The van der Waals surface area contributed by atoms with Gasteiger partial charge in [0, 0.05) is 37.9 Å². The van der Waals surface area contributed by atoms with Crippen LogP contribution in [0.25, 0.3) is 0 Å². The van der Waals surface area contributed by atoms with Crippen molar-refractivity contribution in [3.05, 3.63) is 59.7 Å². The van der Waals surface area contributed by atoms with E-state index in [4.69, 9.17) is 0 Å². The lowest BCUT2D eigenvalue weighted by Gasteiger charge is -2.31. The average Bonchev–Trinajstić information content (AvgIpc) is 3.12. The summed E-state index contributed by atoms with van der Waals surface area (Å²) in [6.45, 7) is 6.39. The van der Waals surface area contributed by atoms with E-state index >= 15 is 0 Å². The van der Waals surface area contributed by atoms with Crippen molar-refractivity contribution in [2.24, 2.45) is 5.92 Å². The largest absolute Gasteiger partial charge is 0.368 e. The van der Waals surface area contributed by atoms with Gasteiger partial charge in [-0.05, 0) is 63.3 Å². The van der Waals surface area contributed by atoms with E-state index in [9.17, 15) is 13.2 Å². The van der Waals surface area contributed by atoms with E-state index in [2.05, 4.69) is 41.4 Å². The van der Waals surface area contributed by atoms with Crippen LogP contribution in [0, 0.1) is 12.8 Å². The zero-order valence-corrected chi connectivity index (χ0v) is 19.8. The van der Waals surface area contributed by atoms with Gasteiger partial charge in [-0.2, -0.15) is 4.31 Å². The first-order valence-electron chi connectivity index (χ1n) is 11.6. The molecule has 1 amide bonds. The first-order chi connectivity index (χ1) is 15.4. The van der Waals surface area contributed by atoms with Crippen LogP contribution in [0.5, 0.6) is 0 Å². The van der Waals surface area contributed by atoms with Crippen molar-refractivity contribution in [1.82, 2.24) is 9.62 Å². The maximum absolute atomic E-state index is 13.0. The second kappa shape index (κ2) is 9.63. The Kier molecular flexibility index (Phi) is 6.86. The summed E-state index contributed by atoms with van der Waals surface area (Å²) in [6, 6.07) is 15.9. The minimum absolute atomic E-state index is 0.0383. The van der Waals surface area contributed by atoms with Gasteiger partial charge < -0.3 is 10.2 Å². The molecule has 2 heterocycles. The molecule has 0 saturated carbocycles. The third-order valence-electron chi connectivity index (χ3n) is 6.64. The van der Waals surface area contributed by atoms with E-state index in [1.54, 1.807) is 24.3 Å². The fourth-order valence-corrected chi connectivity index (χ4v) is 6.33. The number of nitrogens with one attached hydrogen (secondary N) is 1. The summed E-state index contributed by atoms with van der Waals surface area (Å²) in [7, 11) is -3.57. The molecule has 0 bridgehead atoms. The number of benzene rings is 2. The predicted molar refractivity (Wildman–Crippen MR) is 127 cm³/mol. The molecular formula is C25H33N3O3S. The number of carbonyl (C=O) groups is 1. The lowest BCUT2D eigenvalue weighted by molar-refractivity contribution is -0.126. The Hall–Kier alpha value is -2.38. The molecule has 2 aliphatic heterocycles. The van der Waals surface area contributed by atoms with Gasteiger partial charge in [0.2, 0.25) is 15.9 Å². The van der Waals surface area contributed by atoms with E-state index in [-0.39, 0.29) is 18.4 Å². The Bertz CT molecular complexity index is 1050. The molecule has 2 atom stereocenters. The number of hydrogen-bond donors (Lipinski definition) is 1. The molecule has 2 aromatic rings. The Morgan fingerprint density at radius 1 is 1.12 bits per heavy atom. The van der Waals surface area contributed by atoms with Crippen molar-refractivity contribution in [2.75, 3.05) is 31.1 Å². The first kappa shape index (κ1) is 22.8. The number of nitrogens with zero attached hydrogens (tertiary/aromatic N) is 2. The number of amides is 1. The van der Waals surface area contributed by atoms with Crippen LogP contribution in [-0.2, 0) is 21.2 Å². The zero-order chi connectivity index (χ0) is 22.7. The molecule has 0 aromatic heterocycles. The van der Waals surface area contributed by atoms with Gasteiger partial charge in [0.25, 0.3) is 0 Å². The number of carbonyl (C=O) groups excluding carboxylic acids is 1. The third-order valence-corrected chi connectivity index (χ3v) is 8.52. The Morgan fingerprint density at radius 3 is 2.66 bits per heavy atom. The number of aryl methyl sites for hydroxylation is 1. The fraction of sp³-hybridized carbons (Fsp3) is 0.480. The lowest BCUT2D eigenvalue weighted by atomic mass is 9.99. The van der Waals surface area contributed by atoms with Gasteiger partial charge in [-0.1, -0.05) is 35.9 Å². The maximum Gasteiger partial charge on any atom is 0.243 e. The first-order valence-corrected chi connectivity index (χ1v) is 13.0. The molecule has 1 saturated heterocycles. The molecule has 6 nitrogen and oxygen atoms in total. The van der Waals surface area contributed by atoms with Crippen molar-refractivity contribution in [2.45, 2.75) is 50.5 Å². The van der Waals surface area contributed by atoms with Gasteiger partial charge in [-0.15, -0.1) is 0 Å². The van der Waals surface area contributed by atoms with Gasteiger partial charge in [-0.3, -0.25) is 4.79 Å². The van der Waals surface area contributed by atoms with E-state index < -0.39 is 10.0 Å². The van der Waals surface area contributed by atoms with E-state index in [0.717, 1.165) is 31.4 Å². The van der Waals surface area contributed by atoms with E-state index in [1.807, 2.05) is 6.92 Å². The molecule has 0 spiro atoms. The number of anilines is 1. The SMILES string of the molecule is Cc1ccc(S(=O)(=O)N2CCC[C@@H](C(=O)NCCCN3c4ccccc4C[C@@H]3C)C2)cc1. The average molecular weight is 456 g/mol. The smallest absolute Gasteiger partial charge is 0.243 e. The number of piperidine rings is 1. The highest BCUT2D eigenvalue weighted by Gasteiger charge is 2.33. The van der Waals surface area contributed by atoms with Crippen LogP contribution in [0.3, 0.4) is 0 Å². The Labute approximate surface area is 191 Å². The summed E-state index contributed by atoms with van der Waals surface area (Å²) >= 11 is 0. The molecule has 0 radical (unpaired) electrons.